The van der Waals surface area contributed by atoms with Crippen molar-refractivity contribution in [3.63, 3.8) is 0 Å². The summed E-state index contributed by atoms with van der Waals surface area (Å²) in [6, 6.07) is 0. The van der Waals surface area contributed by atoms with Gasteiger partial charge in [0, 0.05) is 0 Å². The summed E-state index contributed by atoms with van der Waals surface area (Å²) in [6.07, 6.45) is 17.2. The normalized spacial score (nSPS) is 14.4. The molecule has 0 rings (SSSR count). The van der Waals surface area contributed by atoms with Crippen molar-refractivity contribution in [1.29, 1.82) is 0 Å². The predicted molar refractivity (Wildman–Crippen MR) is 94.9 cm³/mol. The van der Waals surface area contributed by atoms with E-state index in [2.05, 4.69) is 43.2 Å². The van der Waals surface area contributed by atoms with Gasteiger partial charge in [-0.25, -0.2) is 0 Å². The fourth-order valence-corrected chi connectivity index (χ4v) is 11.7. The van der Waals surface area contributed by atoms with E-state index >= 15 is 0 Å². The number of rotatable bonds is 12. The van der Waals surface area contributed by atoms with E-state index < -0.39 is 5.31 Å². The van der Waals surface area contributed by atoms with Crippen LogP contribution in [0.15, 0.2) is 0 Å². The Morgan fingerprint density at radius 1 is 0.556 bits per heavy atom. The van der Waals surface area contributed by atoms with Crippen LogP contribution in [0.5, 0.6) is 0 Å². The summed E-state index contributed by atoms with van der Waals surface area (Å²) in [7, 11) is 0. The molecule has 0 aliphatic heterocycles. The molecule has 0 aromatic heterocycles. The summed E-state index contributed by atoms with van der Waals surface area (Å²) >= 11 is 4.43. The molecule has 0 aliphatic rings. The van der Waals surface area contributed by atoms with Crippen LogP contribution in [-0.2, 0) is 0 Å². The summed E-state index contributed by atoms with van der Waals surface area (Å²) in [4.78, 5) is 0. The van der Waals surface area contributed by atoms with Crippen molar-refractivity contribution < 1.29 is 0 Å². The van der Waals surface area contributed by atoms with Gasteiger partial charge in [0.1, 0.15) is 0 Å². The topological polar surface area (TPSA) is 0 Å². The molecule has 112 valence electrons. The van der Waals surface area contributed by atoms with Crippen LogP contribution in [0.1, 0.15) is 79.1 Å². The molecule has 0 N–H and O–H groups in total. The minimum atomic E-state index is -1.55. The van der Waals surface area contributed by atoms with E-state index in [9.17, 15) is 0 Å². The summed E-state index contributed by atoms with van der Waals surface area (Å²) in [6.45, 7) is 9.36. The van der Waals surface area contributed by atoms with E-state index in [-0.39, 0.29) is 0 Å². The first-order valence-electron chi connectivity index (χ1n) is 8.26. The van der Waals surface area contributed by atoms with Gasteiger partial charge in [-0.15, -0.1) is 0 Å². The second-order valence-corrected chi connectivity index (χ2v) is 17.6. The van der Waals surface area contributed by atoms with Gasteiger partial charge in [0.25, 0.3) is 0 Å². The molecular weight excluding hydrogens is 303 g/mol. The Bertz CT molecular complexity index is 160. The Morgan fingerprint density at radius 3 is 0.944 bits per heavy atom. The van der Waals surface area contributed by atoms with Crippen LogP contribution in [0.4, 0.5) is 0 Å². The Kier molecular flexibility index (Phi) is 10.3. The molecule has 0 amide bonds. The molecular formula is C16H36BrP. The molecule has 0 aliphatic carbocycles. The van der Waals surface area contributed by atoms with E-state index in [0.717, 1.165) is 0 Å². The quantitative estimate of drug-likeness (QED) is 0.334. The first-order valence-corrected chi connectivity index (χ1v) is 13.3. The Balaban J connectivity index is 4.82. The van der Waals surface area contributed by atoms with Crippen LogP contribution in [0, 0.1) is 0 Å². The molecule has 0 fully saturated rings. The molecule has 0 unspecified atom stereocenters. The minimum absolute atomic E-state index is 1.36. The second-order valence-electron chi connectivity index (χ2n) is 6.13. The molecule has 0 spiro atoms. The monoisotopic (exact) mass is 338 g/mol. The van der Waals surface area contributed by atoms with Gasteiger partial charge in [0.15, 0.2) is 0 Å². The molecule has 2 heteroatoms. The van der Waals surface area contributed by atoms with E-state index in [1.54, 1.807) is 0 Å². The number of hydrogen-bond acceptors (Lipinski definition) is 0. The van der Waals surface area contributed by atoms with Gasteiger partial charge < -0.3 is 0 Å². The fourth-order valence-electron chi connectivity index (χ4n) is 2.88. The fraction of sp³-hybridized carbons (Fsp3) is 1.00. The van der Waals surface area contributed by atoms with Crippen LogP contribution in [0.25, 0.3) is 0 Å². The molecule has 0 aromatic rings. The maximum atomic E-state index is 4.43. The molecule has 0 atom stereocenters. The molecule has 18 heavy (non-hydrogen) atoms. The standard InChI is InChI=1S/C16H36BrP/c1-5-9-13-18(17,14-10-6-2,15-11-7-3)16-12-8-4/h5-16H2,1-4H3. The zero-order valence-electron chi connectivity index (χ0n) is 13.3. The zero-order chi connectivity index (χ0) is 13.9. The van der Waals surface area contributed by atoms with Crippen LogP contribution in [0.2, 0.25) is 0 Å². The van der Waals surface area contributed by atoms with Gasteiger partial charge in [0.05, 0.1) is 0 Å². The molecule has 0 aromatic carbocycles. The van der Waals surface area contributed by atoms with Gasteiger partial charge in [-0.2, -0.15) is 0 Å². The van der Waals surface area contributed by atoms with Crippen LogP contribution >= 0.6 is 20.8 Å². The zero-order valence-corrected chi connectivity index (χ0v) is 15.8. The van der Waals surface area contributed by atoms with E-state index in [4.69, 9.17) is 0 Å². The SMILES string of the molecule is CCCCP(Br)(CCCC)(CCCC)CCCC. The van der Waals surface area contributed by atoms with Gasteiger partial charge >= 0.3 is 125 Å². The Morgan fingerprint density at radius 2 is 0.778 bits per heavy atom. The summed E-state index contributed by atoms with van der Waals surface area (Å²) in [5.41, 5.74) is 0. The van der Waals surface area contributed by atoms with Gasteiger partial charge in [0.2, 0.25) is 0 Å². The Hall–Kier alpha value is 0.910. The van der Waals surface area contributed by atoms with E-state index in [1.807, 2.05) is 0 Å². The van der Waals surface area contributed by atoms with Crippen LogP contribution in [0.3, 0.4) is 0 Å². The van der Waals surface area contributed by atoms with Crippen molar-refractivity contribution in [2.24, 2.45) is 0 Å². The maximum absolute atomic E-state index is 4.43. The first-order chi connectivity index (χ1) is 8.54. The van der Waals surface area contributed by atoms with Crippen molar-refractivity contribution in [3.05, 3.63) is 0 Å². The molecule has 0 saturated carbocycles. The first kappa shape index (κ1) is 18.9. The number of unbranched alkanes of at least 4 members (excludes halogenated alkanes) is 4. The number of hydrogen-bond donors (Lipinski definition) is 0. The van der Waals surface area contributed by atoms with E-state index in [0.29, 0.717) is 0 Å². The summed E-state index contributed by atoms with van der Waals surface area (Å²) in [5, 5.41) is -1.55. The average molecular weight is 339 g/mol. The van der Waals surface area contributed by atoms with E-state index in [1.165, 1.54) is 76.0 Å². The summed E-state index contributed by atoms with van der Waals surface area (Å²) in [5.74, 6) is 0. The van der Waals surface area contributed by atoms with Gasteiger partial charge in [-0.05, 0) is 0 Å². The predicted octanol–water partition coefficient (Wildman–Crippen LogP) is 7.05. The van der Waals surface area contributed by atoms with Crippen molar-refractivity contribution in [1.82, 2.24) is 0 Å². The van der Waals surface area contributed by atoms with Crippen LogP contribution < -0.4 is 0 Å². The van der Waals surface area contributed by atoms with Crippen molar-refractivity contribution >= 4 is 20.8 Å². The number of halogens is 1. The molecule has 0 heterocycles. The van der Waals surface area contributed by atoms with Crippen LogP contribution in [-0.4, -0.2) is 24.6 Å². The molecule has 0 bridgehead atoms. The second kappa shape index (κ2) is 9.76. The third-order valence-electron chi connectivity index (χ3n) is 4.28. The average Bonchev–Trinajstić information content (AvgIpc) is 2.40. The third-order valence-corrected chi connectivity index (χ3v) is 14.3. The Labute approximate surface area is 124 Å². The van der Waals surface area contributed by atoms with Crippen molar-refractivity contribution in [2.75, 3.05) is 24.6 Å². The van der Waals surface area contributed by atoms with Gasteiger partial charge in [-0.1, -0.05) is 0 Å². The molecule has 0 nitrogen and oxygen atoms in total. The summed E-state index contributed by atoms with van der Waals surface area (Å²) < 4.78 is 0. The van der Waals surface area contributed by atoms with Gasteiger partial charge in [-0.3, -0.25) is 0 Å². The molecule has 0 saturated heterocycles. The molecule has 0 radical (unpaired) electrons. The van der Waals surface area contributed by atoms with Crippen molar-refractivity contribution in [3.8, 4) is 0 Å². The third kappa shape index (κ3) is 6.90. The van der Waals surface area contributed by atoms with Crippen molar-refractivity contribution in [2.45, 2.75) is 79.1 Å².